The van der Waals surface area contributed by atoms with Gasteiger partial charge in [-0.3, -0.25) is 9.69 Å². The van der Waals surface area contributed by atoms with E-state index >= 15 is 0 Å². The molecule has 1 amide bonds. The molecule has 1 saturated heterocycles. The molecule has 5 heteroatoms. The van der Waals surface area contributed by atoms with Gasteiger partial charge in [0, 0.05) is 43.7 Å². The fourth-order valence-electron chi connectivity index (χ4n) is 2.91. The van der Waals surface area contributed by atoms with E-state index in [4.69, 9.17) is 0 Å². The second-order valence-electron chi connectivity index (χ2n) is 6.55. The summed E-state index contributed by atoms with van der Waals surface area (Å²) in [5.41, 5.74) is 1.88. The first-order valence-corrected chi connectivity index (χ1v) is 8.51. The van der Waals surface area contributed by atoms with Crippen molar-refractivity contribution in [3.63, 3.8) is 0 Å². The molecule has 23 heavy (non-hydrogen) atoms. The minimum absolute atomic E-state index is 0.0770. The summed E-state index contributed by atoms with van der Waals surface area (Å²) in [6.45, 7) is 10.3. The van der Waals surface area contributed by atoms with Crippen LogP contribution in [0.5, 0.6) is 0 Å². The number of aliphatic hydroxyl groups excluding tert-OH is 1. The number of hydrogen-bond acceptors (Lipinski definition) is 4. The highest BCUT2D eigenvalue weighted by atomic mass is 16.3. The number of rotatable bonds is 7. The van der Waals surface area contributed by atoms with Crippen LogP contribution in [0.4, 0.5) is 0 Å². The molecule has 0 saturated carbocycles. The van der Waals surface area contributed by atoms with E-state index in [9.17, 15) is 9.90 Å². The number of aliphatic hydroxyl groups is 1. The summed E-state index contributed by atoms with van der Waals surface area (Å²) in [5.74, 6) is 0.0224. The number of hydrogen-bond donors (Lipinski definition) is 3. The minimum Gasteiger partial charge on any atom is -0.391 e. The Morgan fingerprint density at radius 1 is 1.35 bits per heavy atom. The van der Waals surface area contributed by atoms with Crippen molar-refractivity contribution < 1.29 is 9.90 Å². The molecule has 2 atom stereocenters. The first-order valence-electron chi connectivity index (χ1n) is 8.51. The van der Waals surface area contributed by atoms with Crippen molar-refractivity contribution in [1.82, 2.24) is 15.5 Å². The second kappa shape index (κ2) is 8.43. The van der Waals surface area contributed by atoms with E-state index in [2.05, 4.69) is 36.3 Å². The molecule has 2 unspecified atom stereocenters. The van der Waals surface area contributed by atoms with Crippen LogP contribution in [0.15, 0.2) is 24.3 Å². The van der Waals surface area contributed by atoms with E-state index in [1.165, 1.54) is 5.56 Å². The highest BCUT2D eigenvalue weighted by Crippen LogP contribution is 2.11. The number of amides is 1. The van der Waals surface area contributed by atoms with Gasteiger partial charge in [-0.15, -0.1) is 0 Å². The molecule has 2 rings (SSSR count). The molecule has 0 aromatic heterocycles. The molecule has 0 aliphatic carbocycles. The number of β-amino-alcohol motifs (C(OH)–C–C–N with tert-alkyl or cyclic N) is 1. The van der Waals surface area contributed by atoms with Gasteiger partial charge in [0.2, 0.25) is 0 Å². The lowest BCUT2D eigenvalue weighted by Gasteiger charge is -2.24. The smallest absolute Gasteiger partial charge is 0.251 e. The number of nitrogens with one attached hydrogen (secondary N) is 2. The Morgan fingerprint density at radius 3 is 2.57 bits per heavy atom. The van der Waals surface area contributed by atoms with Gasteiger partial charge in [0.15, 0.2) is 0 Å². The van der Waals surface area contributed by atoms with Crippen LogP contribution in [0, 0.1) is 5.92 Å². The average molecular weight is 319 g/mol. The third-order valence-electron chi connectivity index (χ3n) is 4.57. The van der Waals surface area contributed by atoms with Crippen molar-refractivity contribution in [1.29, 1.82) is 0 Å². The number of carbonyl (C=O) groups is 1. The molecule has 1 aliphatic heterocycles. The standard InChI is InChI=1S/C18H29N3O2/c1-4-21(13(2)3)12-14-5-7-15(8-6-14)18(23)20-10-16-9-19-11-17(16)22/h5-8,13,16-17,19,22H,4,9-12H2,1-3H3,(H,20,23). The highest BCUT2D eigenvalue weighted by Gasteiger charge is 2.25. The molecule has 5 nitrogen and oxygen atoms in total. The predicted molar refractivity (Wildman–Crippen MR) is 92.4 cm³/mol. The molecule has 1 aromatic carbocycles. The molecule has 1 fully saturated rings. The first-order chi connectivity index (χ1) is 11.0. The summed E-state index contributed by atoms with van der Waals surface area (Å²) < 4.78 is 0. The molecular formula is C18H29N3O2. The van der Waals surface area contributed by atoms with Crippen LogP contribution in [0.1, 0.15) is 36.7 Å². The van der Waals surface area contributed by atoms with Gasteiger partial charge in [0.25, 0.3) is 5.91 Å². The Morgan fingerprint density at radius 2 is 2.04 bits per heavy atom. The van der Waals surface area contributed by atoms with E-state index in [0.29, 0.717) is 24.7 Å². The van der Waals surface area contributed by atoms with Gasteiger partial charge < -0.3 is 15.7 Å². The summed E-state index contributed by atoms with van der Waals surface area (Å²) in [7, 11) is 0. The molecular weight excluding hydrogens is 290 g/mol. The number of nitrogens with zero attached hydrogens (tertiary/aromatic N) is 1. The first kappa shape index (κ1) is 17.9. The third-order valence-corrected chi connectivity index (χ3v) is 4.57. The van der Waals surface area contributed by atoms with E-state index in [1.807, 2.05) is 24.3 Å². The lowest BCUT2D eigenvalue weighted by molar-refractivity contribution is 0.0927. The van der Waals surface area contributed by atoms with Gasteiger partial charge in [0.1, 0.15) is 0 Å². The van der Waals surface area contributed by atoms with Crippen LogP contribution in [0.25, 0.3) is 0 Å². The SMILES string of the molecule is CCN(Cc1ccc(C(=O)NCC2CNCC2O)cc1)C(C)C. The zero-order valence-corrected chi connectivity index (χ0v) is 14.4. The summed E-state index contributed by atoms with van der Waals surface area (Å²) in [4.78, 5) is 14.6. The summed E-state index contributed by atoms with van der Waals surface area (Å²) in [5, 5.41) is 15.8. The van der Waals surface area contributed by atoms with Crippen molar-refractivity contribution in [3.8, 4) is 0 Å². The fourth-order valence-corrected chi connectivity index (χ4v) is 2.91. The van der Waals surface area contributed by atoms with Crippen LogP contribution in [-0.4, -0.2) is 54.2 Å². The van der Waals surface area contributed by atoms with Crippen LogP contribution in [-0.2, 0) is 6.54 Å². The maximum atomic E-state index is 12.2. The molecule has 0 spiro atoms. The van der Waals surface area contributed by atoms with Crippen molar-refractivity contribution in [2.75, 3.05) is 26.2 Å². The van der Waals surface area contributed by atoms with Crippen LogP contribution < -0.4 is 10.6 Å². The van der Waals surface area contributed by atoms with Crippen molar-refractivity contribution >= 4 is 5.91 Å². The molecule has 1 aromatic rings. The van der Waals surface area contributed by atoms with Crippen LogP contribution >= 0.6 is 0 Å². The quantitative estimate of drug-likeness (QED) is 0.707. The Bertz CT molecular complexity index is 501. The molecule has 128 valence electrons. The maximum Gasteiger partial charge on any atom is 0.251 e. The van der Waals surface area contributed by atoms with Crippen LogP contribution in [0.2, 0.25) is 0 Å². The largest absolute Gasteiger partial charge is 0.391 e. The summed E-state index contributed by atoms with van der Waals surface area (Å²) >= 11 is 0. The molecule has 1 heterocycles. The number of benzene rings is 1. The molecule has 0 radical (unpaired) electrons. The average Bonchev–Trinajstić information content (AvgIpc) is 2.95. The third kappa shape index (κ3) is 5.03. The monoisotopic (exact) mass is 319 g/mol. The van der Waals surface area contributed by atoms with Gasteiger partial charge in [0.05, 0.1) is 6.10 Å². The number of carbonyl (C=O) groups excluding carboxylic acids is 1. The highest BCUT2D eigenvalue weighted by molar-refractivity contribution is 5.94. The van der Waals surface area contributed by atoms with Gasteiger partial charge >= 0.3 is 0 Å². The zero-order valence-electron chi connectivity index (χ0n) is 14.4. The van der Waals surface area contributed by atoms with E-state index in [0.717, 1.165) is 19.6 Å². The van der Waals surface area contributed by atoms with Crippen LogP contribution in [0.3, 0.4) is 0 Å². The Kier molecular flexibility index (Phi) is 6.57. The maximum absolute atomic E-state index is 12.2. The van der Waals surface area contributed by atoms with Gasteiger partial charge in [-0.05, 0) is 38.1 Å². The minimum atomic E-state index is -0.367. The van der Waals surface area contributed by atoms with Crippen molar-refractivity contribution in [2.45, 2.75) is 39.5 Å². The second-order valence-corrected chi connectivity index (χ2v) is 6.55. The van der Waals surface area contributed by atoms with Gasteiger partial charge in [-0.25, -0.2) is 0 Å². The Balaban J connectivity index is 1.87. The normalized spacial score (nSPS) is 21.1. The van der Waals surface area contributed by atoms with E-state index in [-0.39, 0.29) is 17.9 Å². The topological polar surface area (TPSA) is 64.6 Å². The Labute approximate surface area is 139 Å². The van der Waals surface area contributed by atoms with Crippen molar-refractivity contribution in [3.05, 3.63) is 35.4 Å². The van der Waals surface area contributed by atoms with E-state index in [1.54, 1.807) is 0 Å². The molecule has 0 bridgehead atoms. The van der Waals surface area contributed by atoms with Crippen molar-refractivity contribution in [2.24, 2.45) is 5.92 Å². The summed E-state index contributed by atoms with van der Waals surface area (Å²) in [6.07, 6.45) is -0.367. The predicted octanol–water partition coefficient (Wildman–Crippen LogP) is 1.23. The van der Waals surface area contributed by atoms with E-state index < -0.39 is 0 Å². The summed E-state index contributed by atoms with van der Waals surface area (Å²) in [6, 6.07) is 8.30. The zero-order chi connectivity index (χ0) is 16.8. The molecule has 1 aliphatic rings. The lowest BCUT2D eigenvalue weighted by atomic mass is 10.1. The Hall–Kier alpha value is -1.43. The fraction of sp³-hybridized carbons (Fsp3) is 0.611. The van der Waals surface area contributed by atoms with Gasteiger partial charge in [-0.1, -0.05) is 19.1 Å². The molecule has 3 N–H and O–H groups in total. The lowest BCUT2D eigenvalue weighted by Crippen LogP contribution is -2.34. The van der Waals surface area contributed by atoms with Gasteiger partial charge in [-0.2, -0.15) is 0 Å².